The molecule has 2 aliphatic rings. The van der Waals surface area contributed by atoms with Gasteiger partial charge in [0.15, 0.2) is 0 Å². The fourth-order valence-corrected chi connectivity index (χ4v) is 4.02. The van der Waals surface area contributed by atoms with Crippen LogP contribution in [0.5, 0.6) is 0 Å². The Balaban J connectivity index is 1.74. The predicted molar refractivity (Wildman–Crippen MR) is 82.6 cm³/mol. The van der Waals surface area contributed by atoms with Gasteiger partial charge in [0.05, 0.1) is 6.04 Å². The zero-order chi connectivity index (χ0) is 13.7. The number of likely N-dealkylation sites (tertiary alicyclic amines) is 1. The Bertz CT molecular complexity index is 284. The Morgan fingerprint density at radius 2 is 1.79 bits per heavy atom. The zero-order valence-corrected chi connectivity index (χ0v) is 13.2. The van der Waals surface area contributed by atoms with Gasteiger partial charge >= 0.3 is 0 Å². The van der Waals surface area contributed by atoms with Crippen molar-refractivity contribution in [3.8, 4) is 0 Å². The van der Waals surface area contributed by atoms with Gasteiger partial charge in [-0.05, 0) is 58.1 Å². The first kappa shape index (κ1) is 15.2. The molecule has 4 heteroatoms. The Hall–Kier alpha value is -0.220. The van der Waals surface area contributed by atoms with Crippen molar-refractivity contribution in [2.75, 3.05) is 19.3 Å². The van der Waals surface area contributed by atoms with E-state index in [1.807, 2.05) is 18.7 Å². The molecule has 0 spiro atoms. The molecule has 110 valence electrons. The highest BCUT2D eigenvalue weighted by Gasteiger charge is 2.26. The minimum atomic E-state index is -0.00562. The van der Waals surface area contributed by atoms with Crippen LogP contribution < -0.4 is 5.32 Å². The van der Waals surface area contributed by atoms with Gasteiger partial charge in [0.25, 0.3) is 0 Å². The monoisotopic (exact) mass is 284 g/mol. The highest BCUT2D eigenvalue weighted by molar-refractivity contribution is 7.99. The van der Waals surface area contributed by atoms with E-state index in [1.54, 1.807) is 0 Å². The van der Waals surface area contributed by atoms with Gasteiger partial charge in [-0.25, -0.2) is 0 Å². The average Bonchev–Trinajstić information content (AvgIpc) is 2.48. The van der Waals surface area contributed by atoms with E-state index in [0.717, 1.165) is 18.3 Å². The molecule has 0 aromatic carbocycles. The second kappa shape index (κ2) is 7.53. The maximum Gasteiger partial charge on any atom is 0.239 e. The molecule has 1 heterocycles. The lowest BCUT2D eigenvalue weighted by Crippen LogP contribution is -2.50. The van der Waals surface area contributed by atoms with E-state index < -0.39 is 0 Å². The van der Waals surface area contributed by atoms with Crippen LogP contribution in [0, 0.1) is 0 Å². The van der Waals surface area contributed by atoms with E-state index in [4.69, 9.17) is 0 Å². The molecule has 1 aliphatic heterocycles. The summed E-state index contributed by atoms with van der Waals surface area (Å²) >= 11 is 1.99. The van der Waals surface area contributed by atoms with Crippen LogP contribution in [0.1, 0.15) is 51.9 Å². The van der Waals surface area contributed by atoms with Crippen LogP contribution in [0.4, 0.5) is 0 Å². The van der Waals surface area contributed by atoms with Crippen molar-refractivity contribution >= 4 is 17.7 Å². The van der Waals surface area contributed by atoms with Gasteiger partial charge in [-0.1, -0.05) is 0 Å². The summed E-state index contributed by atoms with van der Waals surface area (Å²) in [6.45, 7) is 3.96. The second-order valence-electron chi connectivity index (χ2n) is 5.98. The van der Waals surface area contributed by atoms with Gasteiger partial charge in [-0.3, -0.25) is 4.79 Å². The molecule has 1 saturated heterocycles. The van der Waals surface area contributed by atoms with Gasteiger partial charge in [-0.2, -0.15) is 11.8 Å². The molecule has 1 N–H and O–H groups in total. The zero-order valence-electron chi connectivity index (χ0n) is 12.4. The van der Waals surface area contributed by atoms with Crippen molar-refractivity contribution in [3.63, 3.8) is 0 Å². The number of rotatable bonds is 4. The Morgan fingerprint density at radius 1 is 1.16 bits per heavy atom. The molecule has 1 amide bonds. The Labute approximate surface area is 121 Å². The number of hydrogen-bond donors (Lipinski definition) is 1. The van der Waals surface area contributed by atoms with Crippen LogP contribution in [-0.4, -0.2) is 47.5 Å². The van der Waals surface area contributed by atoms with Crippen molar-refractivity contribution < 1.29 is 4.79 Å². The lowest BCUT2D eigenvalue weighted by Gasteiger charge is -2.33. The normalized spacial score (nSPS) is 30.1. The molecule has 0 radical (unpaired) electrons. The van der Waals surface area contributed by atoms with E-state index >= 15 is 0 Å². The lowest BCUT2D eigenvalue weighted by atomic mass is 9.94. The summed E-state index contributed by atoms with van der Waals surface area (Å²) in [4.78, 5) is 14.4. The highest BCUT2D eigenvalue weighted by Crippen LogP contribution is 2.27. The number of carbonyl (C=O) groups is 1. The number of amides is 1. The van der Waals surface area contributed by atoms with Gasteiger partial charge in [0.1, 0.15) is 0 Å². The number of nitrogens with zero attached hydrogens (tertiary/aromatic N) is 1. The number of carbonyl (C=O) groups excluding carboxylic acids is 1. The molecule has 1 atom stereocenters. The van der Waals surface area contributed by atoms with Crippen molar-refractivity contribution in [1.29, 1.82) is 0 Å². The summed E-state index contributed by atoms with van der Waals surface area (Å²) in [6, 6.07) is 0.543. The summed E-state index contributed by atoms with van der Waals surface area (Å²) in [5.41, 5.74) is 0. The van der Waals surface area contributed by atoms with Gasteiger partial charge in [0.2, 0.25) is 5.91 Å². The van der Waals surface area contributed by atoms with Gasteiger partial charge < -0.3 is 10.2 Å². The van der Waals surface area contributed by atoms with Crippen LogP contribution in [0.25, 0.3) is 0 Å². The van der Waals surface area contributed by atoms with Crippen molar-refractivity contribution in [2.45, 2.75) is 69.2 Å². The third kappa shape index (κ3) is 4.38. The largest absolute Gasteiger partial charge is 0.341 e. The molecule has 0 aromatic rings. The molecule has 19 heavy (non-hydrogen) atoms. The fourth-order valence-electron chi connectivity index (χ4n) is 3.28. The Kier molecular flexibility index (Phi) is 6.02. The summed E-state index contributed by atoms with van der Waals surface area (Å²) in [5, 5.41) is 4.40. The third-order valence-corrected chi connectivity index (χ3v) is 5.67. The van der Waals surface area contributed by atoms with E-state index in [2.05, 4.69) is 16.5 Å². The molecule has 0 aromatic heterocycles. The smallest absolute Gasteiger partial charge is 0.239 e. The lowest BCUT2D eigenvalue weighted by molar-refractivity contribution is -0.134. The molecule has 2 rings (SSSR count). The Morgan fingerprint density at radius 3 is 2.37 bits per heavy atom. The molecule has 2 fully saturated rings. The first-order valence-corrected chi connectivity index (χ1v) is 9.07. The molecular formula is C15H28N2OS. The van der Waals surface area contributed by atoms with Crippen molar-refractivity contribution in [2.24, 2.45) is 0 Å². The molecule has 1 unspecified atom stereocenters. The van der Waals surface area contributed by atoms with Crippen molar-refractivity contribution in [3.05, 3.63) is 0 Å². The number of piperidine rings is 1. The summed E-state index contributed by atoms with van der Waals surface area (Å²) in [7, 11) is 0. The minimum absolute atomic E-state index is 0.00562. The first-order valence-electron chi connectivity index (χ1n) is 7.78. The van der Waals surface area contributed by atoms with E-state index in [1.165, 1.54) is 44.9 Å². The highest BCUT2D eigenvalue weighted by atomic mass is 32.2. The van der Waals surface area contributed by atoms with E-state index in [0.29, 0.717) is 11.9 Å². The molecule has 1 saturated carbocycles. The fraction of sp³-hybridized carbons (Fsp3) is 0.933. The number of thioether (sulfide) groups is 1. The molecule has 0 bridgehead atoms. The minimum Gasteiger partial charge on any atom is -0.341 e. The third-order valence-electron chi connectivity index (χ3n) is 4.53. The number of nitrogens with one attached hydrogen (secondary N) is 1. The van der Waals surface area contributed by atoms with Crippen LogP contribution in [0.2, 0.25) is 0 Å². The van der Waals surface area contributed by atoms with Crippen LogP contribution in [-0.2, 0) is 4.79 Å². The first-order chi connectivity index (χ1) is 9.20. The van der Waals surface area contributed by atoms with E-state index in [-0.39, 0.29) is 6.04 Å². The summed E-state index contributed by atoms with van der Waals surface area (Å²) < 4.78 is 0. The maximum absolute atomic E-state index is 12.4. The SMILES string of the molecule is CSC1CCC(NC(C)C(=O)N2CCCCC2)CC1. The van der Waals surface area contributed by atoms with Gasteiger partial charge in [-0.15, -0.1) is 0 Å². The summed E-state index contributed by atoms with van der Waals surface area (Å²) in [5.74, 6) is 0.312. The van der Waals surface area contributed by atoms with E-state index in [9.17, 15) is 4.79 Å². The topological polar surface area (TPSA) is 32.3 Å². The standard InChI is InChI=1S/C15H28N2OS/c1-12(15(18)17-10-4-3-5-11-17)16-13-6-8-14(19-2)9-7-13/h12-14,16H,3-11H2,1-2H3. The quantitative estimate of drug-likeness (QED) is 0.861. The van der Waals surface area contributed by atoms with Crippen LogP contribution >= 0.6 is 11.8 Å². The number of hydrogen-bond acceptors (Lipinski definition) is 3. The summed E-state index contributed by atoms with van der Waals surface area (Å²) in [6.07, 6.45) is 10.9. The average molecular weight is 284 g/mol. The van der Waals surface area contributed by atoms with Crippen molar-refractivity contribution in [1.82, 2.24) is 10.2 Å². The van der Waals surface area contributed by atoms with Crippen LogP contribution in [0.15, 0.2) is 0 Å². The predicted octanol–water partition coefficient (Wildman–Crippen LogP) is 2.65. The molecule has 1 aliphatic carbocycles. The molecule has 3 nitrogen and oxygen atoms in total. The van der Waals surface area contributed by atoms with Crippen LogP contribution in [0.3, 0.4) is 0 Å². The maximum atomic E-state index is 12.4. The van der Waals surface area contributed by atoms with Gasteiger partial charge in [0, 0.05) is 24.4 Å². The second-order valence-corrected chi connectivity index (χ2v) is 7.12. The molecular weight excluding hydrogens is 256 g/mol.